The van der Waals surface area contributed by atoms with Gasteiger partial charge in [0.15, 0.2) is 9.84 Å². The molecule has 2 aliphatic rings. The fraction of sp³-hybridized carbons (Fsp3) is 0.333. The standard InChI is InChI=1S/C30H31ClF2N2O2S/c1-38(36,37)30(24-15-27(32)17-28(33)16-24)25-19-35(20-25)29(23-9-11-26(31)12-10-23)22-7-5-21(6-8-22)18-34-13-3-2-4-14-34/h5-12,15-17,29H,2-4,13-14,18-20H2,1H3/t29-/m0/s1. The van der Waals surface area contributed by atoms with Crippen LogP contribution in [-0.4, -0.2) is 50.7 Å². The van der Waals surface area contributed by atoms with Crippen molar-refractivity contribution in [3.05, 3.63) is 111 Å². The van der Waals surface area contributed by atoms with Gasteiger partial charge in [0.25, 0.3) is 0 Å². The highest BCUT2D eigenvalue weighted by Crippen LogP contribution is 2.39. The minimum absolute atomic E-state index is 0.00103. The average molecular weight is 557 g/mol. The van der Waals surface area contributed by atoms with Crippen molar-refractivity contribution in [1.82, 2.24) is 9.80 Å². The molecule has 0 unspecified atom stereocenters. The maximum atomic E-state index is 13.9. The Morgan fingerprint density at radius 3 is 1.97 bits per heavy atom. The predicted molar refractivity (Wildman–Crippen MR) is 149 cm³/mol. The first-order chi connectivity index (χ1) is 18.2. The monoisotopic (exact) mass is 556 g/mol. The maximum Gasteiger partial charge on any atom is 0.176 e. The molecule has 0 aliphatic carbocycles. The summed E-state index contributed by atoms with van der Waals surface area (Å²) in [7, 11) is -3.72. The zero-order valence-corrected chi connectivity index (χ0v) is 22.9. The van der Waals surface area contributed by atoms with Crippen LogP contribution in [0.15, 0.2) is 72.3 Å². The Bertz CT molecular complexity index is 1410. The summed E-state index contributed by atoms with van der Waals surface area (Å²) in [5.74, 6) is -1.61. The lowest BCUT2D eigenvalue weighted by atomic mass is 9.91. The van der Waals surface area contributed by atoms with Crippen LogP contribution < -0.4 is 0 Å². The van der Waals surface area contributed by atoms with E-state index in [1.165, 1.54) is 24.8 Å². The van der Waals surface area contributed by atoms with Crippen molar-refractivity contribution in [3.63, 3.8) is 0 Å². The van der Waals surface area contributed by atoms with E-state index in [2.05, 4.69) is 34.1 Å². The molecule has 0 aromatic heterocycles. The molecule has 0 spiro atoms. The summed E-state index contributed by atoms with van der Waals surface area (Å²) in [6, 6.07) is 19.1. The first-order valence-corrected chi connectivity index (χ1v) is 15.1. The first-order valence-electron chi connectivity index (χ1n) is 12.9. The van der Waals surface area contributed by atoms with Crippen LogP contribution in [0.2, 0.25) is 5.02 Å². The van der Waals surface area contributed by atoms with E-state index in [-0.39, 0.29) is 16.5 Å². The third-order valence-corrected chi connectivity index (χ3v) is 8.82. The van der Waals surface area contributed by atoms with Gasteiger partial charge in [-0.3, -0.25) is 9.80 Å². The Morgan fingerprint density at radius 1 is 0.868 bits per heavy atom. The van der Waals surface area contributed by atoms with E-state index in [0.29, 0.717) is 23.7 Å². The van der Waals surface area contributed by atoms with E-state index in [4.69, 9.17) is 11.6 Å². The van der Waals surface area contributed by atoms with E-state index in [9.17, 15) is 17.2 Å². The Balaban J connectivity index is 1.44. The van der Waals surface area contributed by atoms with Crippen molar-refractivity contribution in [3.8, 4) is 0 Å². The molecule has 0 saturated carbocycles. The third kappa shape index (κ3) is 6.18. The van der Waals surface area contributed by atoms with Crippen LogP contribution in [0.1, 0.15) is 47.6 Å². The lowest BCUT2D eigenvalue weighted by molar-refractivity contribution is 0.203. The van der Waals surface area contributed by atoms with Crippen molar-refractivity contribution in [1.29, 1.82) is 0 Å². The van der Waals surface area contributed by atoms with Gasteiger partial charge in [-0.2, -0.15) is 0 Å². The third-order valence-electron chi connectivity index (χ3n) is 7.31. The van der Waals surface area contributed by atoms with Gasteiger partial charge in [-0.15, -0.1) is 0 Å². The molecule has 2 heterocycles. The van der Waals surface area contributed by atoms with Gasteiger partial charge in [-0.05, 0) is 78.0 Å². The topological polar surface area (TPSA) is 40.6 Å². The SMILES string of the molecule is CS(=O)(=O)C(=C1CN([C@H](c2ccc(Cl)cc2)c2ccc(CN3CCCCC3)cc2)C1)c1cc(F)cc(F)c1. The molecule has 200 valence electrons. The molecule has 3 aromatic rings. The average Bonchev–Trinajstić information content (AvgIpc) is 2.84. The van der Waals surface area contributed by atoms with Crippen LogP contribution in [-0.2, 0) is 16.4 Å². The molecule has 1 atom stereocenters. The zero-order chi connectivity index (χ0) is 26.9. The van der Waals surface area contributed by atoms with E-state index in [1.54, 1.807) is 0 Å². The molecule has 5 rings (SSSR count). The molecular formula is C30H31ClF2N2O2S. The van der Waals surface area contributed by atoms with Crippen molar-refractivity contribution >= 4 is 26.3 Å². The molecule has 8 heteroatoms. The van der Waals surface area contributed by atoms with Gasteiger partial charge in [0.1, 0.15) is 11.6 Å². The largest absolute Gasteiger partial charge is 0.299 e. The van der Waals surface area contributed by atoms with Gasteiger partial charge < -0.3 is 0 Å². The van der Waals surface area contributed by atoms with Crippen molar-refractivity contribution in [2.75, 3.05) is 32.4 Å². The Kier molecular flexibility index (Phi) is 8.00. The lowest BCUT2D eigenvalue weighted by Gasteiger charge is -2.42. The van der Waals surface area contributed by atoms with Crippen molar-refractivity contribution < 1.29 is 17.2 Å². The first kappa shape index (κ1) is 27.0. The minimum Gasteiger partial charge on any atom is -0.299 e. The second-order valence-corrected chi connectivity index (χ2v) is 12.7. The van der Waals surface area contributed by atoms with Gasteiger partial charge in [0.05, 0.1) is 10.9 Å². The lowest BCUT2D eigenvalue weighted by Crippen LogP contribution is -2.44. The molecule has 2 aliphatic heterocycles. The molecule has 3 aromatic carbocycles. The number of sulfone groups is 1. The Morgan fingerprint density at radius 2 is 1.42 bits per heavy atom. The van der Waals surface area contributed by atoms with Crippen molar-refractivity contribution in [2.24, 2.45) is 0 Å². The van der Waals surface area contributed by atoms with E-state index in [0.717, 1.165) is 55.2 Å². The van der Waals surface area contributed by atoms with Crippen LogP contribution in [0.25, 0.3) is 4.91 Å². The van der Waals surface area contributed by atoms with Crippen LogP contribution in [0.3, 0.4) is 0 Å². The highest BCUT2D eigenvalue weighted by atomic mass is 35.5. The molecule has 4 nitrogen and oxygen atoms in total. The highest BCUT2D eigenvalue weighted by Gasteiger charge is 2.35. The number of halogens is 3. The van der Waals surface area contributed by atoms with Crippen molar-refractivity contribution in [2.45, 2.75) is 31.8 Å². The van der Waals surface area contributed by atoms with Gasteiger partial charge in [-0.25, -0.2) is 17.2 Å². The summed E-state index contributed by atoms with van der Waals surface area (Å²) >= 11 is 6.16. The molecule has 0 bridgehead atoms. The van der Waals surface area contributed by atoms with Gasteiger partial charge in [-0.1, -0.05) is 54.4 Å². The smallest absolute Gasteiger partial charge is 0.176 e. The minimum atomic E-state index is -3.72. The second-order valence-electron chi connectivity index (χ2n) is 10.3. The number of piperidine rings is 1. The Hall–Kier alpha value is -2.58. The predicted octanol–water partition coefficient (Wildman–Crippen LogP) is 6.47. The molecule has 0 amide bonds. The molecule has 2 saturated heterocycles. The number of benzene rings is 3. The molecule has 2 fully saturated rings. The van der Waals surface area contributed by atoms with E-state index >= 15 is 0 Å². The maximum absolute atomic E-state index is 13.9. The number of rotatable bonds is 7. The molecular weight excluding hydrogens is 526 g/mol. The van der Waals surface area contributed by atoms with Crippen LogP contribution in [0, 0.1) is 11.6 Å². The van der Waals surface area contributed by atoms with Crippen LogP contribution >= 0.6 is 11.6 Å². The summed E-state index contributed by atoms with van der Waals surface area (Å²) in [4.78, 5) is 4.65. The van der Waals surface area contributed by atoms with Gasteiger partial charge in [0, 0.05) is 37.0 Å². The summed E-state index contributed by atoms with van der Waals surface area (Å²) in [5, 5.41) is 0.640. The summed E-state index contributed by atoms with van der Waals surface area (Å²) in [5.41, 5.74) is 4.08. The number of nitrogens with zero attached hydrogens (tertiary/aromatic N) is 2. The molecule has 0 radical (unpaired) electrons. The quantitative estimate of drug-likeness (QED) is 0.335. The summed E-state index contributed by atoms with van der Waals surface area (Å²) in [6.45, 7) is 3.93. The van der Waals surface area contributed by atoms with Gasteiger partial charge >= 0.3 is 0 Å². The van der Waals surface area contributed by atoms with Crippen LogP contribution in [0.5, 0.6) is 0 Å². The normalized spacial score (nSPS) is 17.7. The summed E-state index contributed by atoms with van der Waals surface area (Å²) in [6.07, 6.45) is 4.89. The van der Waals surface area contributed by atoms with E-state index in [1.807, 2.05) is 24.3 Å². The zero-order valence-electron chi connectivity index (χ0n) is 21.3. The number of likely N-dealkylation sites (tertiary alicyclic amines) is 2. The molecule has 0 N–H and O–H groups in total. The van der Waals surface area contributed by atoms with Crippen LogP contribution in [0.4, 0.5) is 8.78 Å². The summed E-state index contributed by atoms with van der Waals surface area (Å²) < 4.78 is 53.3. The van der Waals surface area contributed by atoms with Gasteiger partial charge in [0.2, 0.25) is 0 Å². The fourth-order valence-electron chi connectivity index (χ4n) is 5.58. The van der Waals surface area contributed by atoms with E-state index < -0.39 is 21.5 Å². The highest BCUT2D eigenvalue weighted by molar-refractivity contribution is 8.00. The second kappa shape index (κ2) is 11.3. The Labute approximate surface area is 228 Å². The number of hydrogen-bond acceptors (Lipinski definition) is 4. The fourth-order valence-corrected chi connectivity index (χ4v) is 6.90. The molecule has 38 heavy (non-hydrogen) atoms. The number of hydrogen-bond donors (Lipinski definition) is 0.